The predicted octanol–water partition coefficient (Wildman–Crippen LogP) is 3.80. The van der Waals surface area contributed by atoms with Crippen LogP contribution in [0.4, 0.5) is 13.2 Å². The largest absolute Gasteiger partial charge is 0.417 e. The van der Waals surface area contributed by atoms with Gasteiger partial charge in [0.1, 0.15) is 0 Å². The third-order valence-corrected chi connectivity index (χ3v) is 3.77. The molecule has 0 aromatic heterocycles. The molecule has 20 heavy (non-hydrogen) atoms. The maximum absolute atomic E-state index is 12.9. The summed E-state index contributed by atoms with van der Waals surface area (Å²) in [6, 6.07) is 4.92. The van der Waals surface area contributed by atoms with E-state index in [0.717, 1.165) is 18.9 Å². The summed E-state index contributed by atoms with van der Waals surface area (Å²) in [7, 11) is 0. The van der Waals surface area contributed by atoms with Crippen LogP contribution in [0.15, 0.2) is 24.3 Å². The van der Waals surface area contributed by atoms with Gasteiger partial charge in [-0.1, -0.05) is 12.1 Å². The van der Waals surface area contributed by atoms with Crippen molar-refractivity contribution in [1.82, 2.24) is 4.90 Å². The molecule has 1 unspecified atom stereocenters. The summed E-state index contributed by atoms with van der Waals surface area (Å²) < 4.78 is 38.7. The number of likely N-dealkylation sites (tertiary alicyclic amines) is 1. The van der Waals surface area contributed by atoms with Gasteiger partial charge in [-0.25, -0.2) is 0 Å². The Morgan fingerprint density at radius 3 is 2.70 bits per heavy atom. The van der Waals surface area contributed by atoms with Crippen LogP contribution in [0.5, 0.6) is 0 Å². The second kappa shape index (κ2) is 6.04. The van der Waals surface area contributed by atoms with Crippen LogP contribution in [-0.2, 0) is 6.18 Å². The maximum atomic E-state index is 12.9. The fourth-order valence-electron chi connectivity index (χ4n) is 2.49. The lowest BCUT2D eigenvalue weighted by Crippen LogP contribution is -2.30. The van der Waals surface area contributed by atoms with Crippen molar-refractivity contribution in [2.75, 3.05) is 19.0 Å². The van der Waals surface area contributed by atoms with Crippen LogP contribution in [-0.4, -0.2) is 29.8 Å². The lowest BCUT2D eigenvalue weighted by Gasteiger charge is -2.19. The number of benzene rings is 1. The lowest BCUT2D eigenvalue weighted by molar-refractivity contribution is -0.138. The van der Waals surface area contributed by atoms with Crippen LogP contribution in [0.25, 0.3) is 0 Å². The van der Waals surface area contributed by atoms with Crippen LogP contribution in [0.3, 0.4) is 0 Å². The van der Waals surface area contributed by atoms with Gasteiger partial charge in [0.15, 0.2) is 0 Å². The third kappa shape index (κ3) is 3.26. The Morgan fingerprint density at radius 2 is 2.05 bits per heavy atom. The van der Waals surface area contributed by atoms with Crippen LogP contribution in [0, 0.1) is 5.92 Å². The SMILES string of the molecule is O=C(c1ccccc1C(F)(F)F)N1CCC(CCCl)C1. The smallest absolute Gasteiger partial charge is 0.338 e. The highest BCUT2D eigenvalue weighted by atomic mass is 35.5. The van der Waals surface area contributed by atoms with Crippen LogP contribution < -0.4 is 0 Å². The molecular formula is C14H15ClF3NO. The first-order valence-electron chi connectivity index (χ1n) is 6.45. The van der Waals surface area contributed by atoms with Gasteiger partial charge in [0.05, 0.1) is 11.1 Å². The highest BCUT2D eigenvalue weighted by Crippen LogP contribution is 2.33. The molecule has 2 rings (SSSR count). The van der Waals surface area contributed by atoms with Crippen molar-refractivity contribution in [3.8, 4) is 0 Å². The molecule has 1 saturated heterocycles. The van der Waals surface area contributed by atoms with Crippen molar-refractivity contribution in [2.45, 2.75) is 19.0 Å². The molecule has 1 aromatic rings. The summed E-state index contributed by atoms with van der Waals surface area (Å²) in [5.74, 6) is 0.246. The van der Waals surface area contributed by atoms with E-state index in [1.54, 1.807) is 0 Å². The summed E-state index contributed by atoms with van der Waals surface area (Å²) in [5.41, 5.74) is -1.14. The second-order valence-electron chi connectivity index (χ2n) is 4.93. The van der Waals surface area contributed by atoms with E-state index in [0.29, 0.717) is 19.0 Å². The van der Waals surface area contributed by atoms with Gasteiger partial charge in [-0.15, -0.1) is 11.6 Å². The molecule has 0 spiro atoms. The Morgan fingerprint density at radius 1 is 1.35 bits per heavy atom. The number of hydrogen-bond acceptors (Lipinski definition) is 1. The first-order valence-corrected chi connectivity index (χ1v) is 6.98. The standard InChI is InChI=1S/C14H15ClF3NO/c15-7-5-10-6-8-19(9-10)13(20)11-3-1-2-4-12(11)14(16,17)18/h1-4,10H,5-9H2. The normalized spacial score (nSPS) is 19.4. The summed E-state index contributed by atoms with van der Waals surface area (Å²) in [4.78, 5) is 13.7. The van der Waals surface area contributed by atoms with Gasteiger partial charge < -0.3 is 4.90 Å². The Kier molecular flexibility index (Phi) is 4.58. The molecular weight excluding hydrogens is 291 g/mol. The van der Waals surface area contributed by atoms with Crippen LogP contribution in [0.2, 0.25) is 0 Å². The van der Waals surface area contributed by atoms with Crippen molar-refractivity contribution in [3.05, 3.63) is 35.4 Å². The molecule has 0 saturated carbocycles. The molecule has 1 amide bonds. The average molecular weight is 306 g/mol. The molecule has 1 aliphatic heterocycles. The van der Waals surface area contributed by atoms with E-state index >= 15 is 0 Å². The number of nitrogens with zero attached hydrogens (tertiary/aromatic N) is 1. The first-order chi connectivity index (χ1) is 9.43. The number of alkyl halides is 4. The van der Waals surface area contributed by atoms with Gasteiger partial charge in [-0.05, 0) is 30.9 Å². The summed E-state index contributed by atoms with van der Waals surface area (Å²) in [6.07, 6.45) is -2.93. The average Bonchev–Trinajstić information content (AvgIpc) is 2.86. The highest BCUT2D eigenvalue weighted by molar-refractivity contribution is 6.17. The fourth-order valence-corrected chi connectivity index (χ4v) is 2.80. The molecule has 1 aromatic carbocycles. The zero-order valence-corrected chi connectivity index (χ0v) is 11.5. The van der Waals surface area contributed by atoms with Crippen LogP contribution in [0.1, 0.15) is 28.8 Å². The molecule has 0 radical (unpaired) electrons. The third-order valence-electron chi connectivity index (χ3n) is 3.55. The first kappa shape index (κ1) is 15.2. The van der Waals surface area contributed by atoms with Gasteiger partial charge in [-0.2, -0.15) is 13.2 Å². The zero-order valence-electron chi connectivity index (χ0n) is 10.8. The van der Waals surface area contributed by atoms with Gasteiger partial charge in [-0.3, -0.25) is 4.79 Å². The monoisotopic (exact) mass is 305 g/mol. The molecule has 1 atom stereocenters. The molecule has 0 N–H and O–H groups in total. The van der Waals surface area contributed by atoms with Crippen molar-refractivity contribution in [1.29, 1.82) is 0 Å². The molecule has 110 valence electrons. The molecule has 0 bridgehead atoms. The van der Waals surface area contributed by atoms with E-state index in [-0.39, 0.29) is 11.5 Å². The van der Waals surface area contributed by atoms with E-state index < -0.39 is 17.6 Å². The number of rotatable bonds is 3. The Hall–Kier alpha value is -1.23. The number of carbonyl (C=O) groups is 1. The van der Waals surface area contributed by atoms with Gasteiger partial charge in [0.2, 0.25) is 0 Å². The molecule has 1 aliphatic rings. The summed E-state index contributed by atoms with van der Waals surface area (Å²) in [5, 5.41) is 0. The number of hydrogen-bond donors (Lipinski definition) is 0. The Labute approximate surface area is 120 Å². The van der Waals surface area contributed by atoms with E-state index in [9.17, 15) is 18.0 Å². The van der Waals surface area contributed by atoms with E-state index in [1.165, 1.54) is 23.1 Å². The van der Waals surface area contributed by atoms with E-state index in [2.05, 4.69) is 0 Å². The molecule has 6 heteroatoms. The van der Waals surface area contributed by atoms with Crippen molar-refractivity contribution < 1.29 is 18.0 Å². The molecule has 0 aliphatic carbocycles. The minimum Gasteiger partial charge on any atom is -0.338 e. The second-order valence-corrected chi connectivity index (χ2v) is 5.30. The maximum Gasteiger partial charge on any atom is 0.417 e. The molecule has 2 nitrogen and oxygen atoms in total. The summed E-state index contributed by atoms with van der Waals surface area (Å²) in [6.45, 7) is 0.977. The van der Waals surface area contributed by atoms with Gasteiger partial charge in [0.25, 0.3) is 5.91 Å². The van der Waals surface area contributed by atoms with Gasteiger partial charge in [0, 0.05) is 19.0 Å². The van der Waals surface area contributed by atoms with Crippen LogP contribution >= 0.6 is 11.6 Å². The lowest BCUT2D eigenvalue weighted by atomic mass is 10.1. The number of amides is 1. The summed E-state index contributed by atoms with van der Waals surface area (Å²) >= 11 is 5.66. The number of halogens is 4. The van der Waals surface area contributed by atoms with Gasteiger partial charge >= 0.3 is 6.18 Å². The quantitative estimate of drug-likeness (QED) is 0.778. The minimum atomic E-state index is -4.51. The zero-order chi connectivity index (χ0) is 14.8. The highest BCUT2D eigenvalue weighted by Gasteiger charge is 2.37. The molecule has 1 fully saturated rings. The van der Waals surface area contributed by atoms with Crippen molar-refractivity contribution >= 4 is 17.5 Å². The van der Waals surface area contributed by atoms with Crippen molar-refractivity contribution in [2.24, 2.45) is 5.92 Å². The van der Waals surface area contributed by atoms with Crippen molar-refractivity contribution in [3.63, 3.8) is 0 Å². The Balaban J connectivity index is 2.19. The fraction of sp³-hybridized carbons (Fsp3) is 0.500. The number of carbonyl (C=O) groups excluding carboxylic acids is 1. The minimum absolute atomic E-state index is 0.272. The predicted molar refractivity (Wildman–Crippen MR) is 70.8 cm³/mol. The molecule has 1 heterocycles. The van der Waals surface area contributed by atoms with E-state index in [4.69, 9.17) is 11.6 Å². The van der Waals surface area contributed by atoms with E-state index in [1.807, 2.05) is 0 Å². The Bertz CT molecular complexity index is 490. The topological polar surface area (TPSA) is 20.3 Å².